The monoisotopic (exact) mass is 427 g/mol. The van der Waals surface area contributed by atoms with Crippen LogP contribution in [0.4, 0.5) is 0 Å². The molecule has 0 saturated carbocycles. The Labute approximate surface area is 96.9 Å². The Hall–Kier alpha value is 1.11. The summed E-state index contributed by atoms with van der Waals surface area (Å²) in [6.45, 7) is 5.47. The van der Waals surface area contributed by atoms with Gasteiger partial charge in [-0.1, -0.05) is 6.92 Å². The van der Waals surface area contributed by atoms with E-state index in [1.807, 2.05) is 0 Å². The quantitative estimate of drug-likeness (QED) is 0.606. The van der Waals surface area contributed by atoms with Crippen molar-refractivity contribution in [2.24, 2.45) is 5.73 Å². The van der Waals surface area contributed by atoms with E-state index in [2.05, 4.69) is 30.7 Å². The predicted molar refractivity (Wildman–Crippen MR) is 55.5 cm³/mol. The van der Waals surface area contributed by atoms with Crippen LogP contribution in [0.2, 0.25) is 0 Å². The first-order chi connectivity index (χ1) is 6.38. The molecule has 0 aromatic rings. The van der Waals surface area contributed by atoms with Crippen molar-refractivity contribution in [3.8, 4) is 0 Å². The van der Waals surface area contributed by atoms with E-state index in [9.17, 15) is 0 Å². The minimum atomic E-state index is -4.00. The van der Waals surface area contributed by atoms with E-state index >= 15 is 0 Å². The summed E-state index contributed by atoms with van der Waals surface area (Å²) in [5.41, 5.74) is 5.56. The number of nitrogens with two attached hydrogens (primary N) is 1. The molecule has 7 heteroatoms. The van der Waals surface area contributed by atoms with Crippen LogP contribution in [0.1, 0.15) is 19.8 Å². The molecule has 1 atom stereocenters. The van der Waals surface area contributed by atoms with Gasteiger partial charge in [-0.15, -0.1) is 0 Å². The van der Waals surface area contributed by atoms with Crippen LogP contribution in [0.3, 0.4) is 0 Å². The first-order valence-corrected chi connectivity index (χ1v) is 12.0. The molecule has 0 bridgehead atoms. The van der Waals surface area contributed by atoms with Crippen LogP contribution in [-0.4, -0.2) is 38.1 Å². The van der Waals surface area contributed by atoms with Gasteiger partial charge in [0.15, 0.2) is 0 Å². The molecule has 0 aliphatic carbocycles. The normalized spacial score (nSPS) is 24.3. The summed E-state index contributed by atoms with van der Waals surface area (Å²) >= 11 is -4.00. The summed E-state index contributed by atoms with van der Waals surface area (Å²) in [5.74, 6) is 0. The molecule has 4 nitrogen and oxygen atoms in total. The van der Waals surface area contributed by atoms with E-state index in [0.29, 0.717) is 6.04 Å². The predicted octanol–water partition coefficient (Wildman–Crippen LogP) is 0.692. The van der Waals surface area contributed by atoms with E-state index in [1.54, 1.807) is 0 Å². The van der Waals surface area contributed by atoms with Crippen LogP contribution in [-0.2, 0) is 14.7 Å². The van der Waals surface area contributed by atoms with Gasteiger partial charge in [0.05, 0.1) is 0 Å². The zero-order valence-electron chi connectivity index (χ0n) is 8.10. The number of hydrogen-bond donors (Lipinski definition) is 3. The molecule has 4 N–H and O–H groups in total. The molecule has 0 aromatic carbocycles. The fourth-order valence-electron chi connectivity index (χ4n) is 1.58. The third-order valence-corrected chi connectivity index (χ3v) is 2.18. The van der Waals surface area contributed by atoms with Crippen molar-refractivity contribution in [3.05, 3.63) is 0 Å². The molecule has 0 aromatic heterocycles. The van der Waals surface area contributed by atoms with Gasteiger partial charge >= 0.3 is 41.1 Å². The first-order valence-electron chi connectivity index (χ1n) is 4.34. The van der Waals surface area contributed by atoms with Gasteiger partial charge in [0, 0.05) is 12.6 Å². The summed E-state index contributed by atoms with van der Waals surface area (Å²) in [4.78, 5) is 2.46. The molecule has 1 aliphatic rings. The molecule has 1 fully saturated rings. The number of likely N-dealkylation sites (N-methyl/N-ethyl adjacent to an activating group) is 1. The third kappa shape index (κ3) is 8.42. The maximum atomic E-state index is 7.79. The van der Waals surface area contributed by atoms with Crippen molar-refractivity contribution < 1.29 is 22.3 Å². The average Bonchev–Trinajstić information content (AvgIpc) is 2.47. The van der Waals surface area contributed by atoms with E-state index in [-0.39, 0.29) is 0 Å². The van der Waals surface area contributed by atoms with Crippen molar-refractivity contribution >= 4 is 18.8 Å². The Kier molecular flexibility index (Phi) is 7.98. The van der Waals surface area contributed by atoms with Gasteiger partial charge in [-0.3, -0.25) is 4.90 Å². The Morgan fingerprint density at radius 2 is 2.00 bits per heavy atom. The van der Waals surface area contributed by atoms with E-state index in [0.717, 1.165) is 6.54 Å². The Morgan fingerprint density at radius 1 is 1.50 bits per heavy atom. The van der Waals surface area contributed by atoms with Crippen molar-refractivity contribution in [2.75, 3.05) is 19.6 Å². The van der Waals surface area contributed by atoms with Gasteiger partial charge < -0.3 is 5.73 Å². The van der Waals surface area contributed by atoms with Crippen LogP contribution < -0.4 is 5.73 Å². The summed E-state index contributed by atoms with van der Waals surface area (Å²) in [6, 6.07) is 0.690. The van der Waals surface area contributed by atoms with Crippen LogP contribution in [0.5, 0.6) is 0 Å². The van der Waals surface area contributed by atoms with Gasteiger partial charge in [0.2, 0.25) is 0 Å². The van der Waals surface area contributed by atoms with Crippen molar-refractivity contribution in [3.63, 3.8) is 0 Å². The summed E-state index contributed by atoms with van der Waals surface area (Å²) in [6.07, 6.45) is 2.65. The number of nitrogens with zero attached hydrogens (tertiary/aromatic N) is 1. The number of halogens is 2. The average molecular weight is 428 g/mol. The zero-order valence-corrected chi connectivity index (χ0v) is 11.9. The second-order valence-electron chi connectivity index (χ2n) is 2.98. The van der Waals surface area contributed by atoms with Gasteiger partial charge in [-0.2, -0.15) is 0 Å². The van der Waals surface area contributed by atoms with Crippen LogP contribution >= 0.6 is 18.8 Å². The van der Waals surface area contributed by atoms with Crippen molar-refractivity contribution in [2.45, 2.75) is 25.8 Å². The molecule has 1 heterocycles. The molecule has 14 heavy (non-hydrogen) atoms. The summed E-state index contributed by atoms with van der Waals surface area (Å²) in [5, 5.41) is 0. The molecule has 0 amide bonds. The number of rotatable bonds is 2. The second kappa shape index (κ2) is 7.39. The Balaban J connectivity index is 0.000000292. The summed E-state index contributed by atoms with van der Waals surface area (Å²) < 4.78 is 15.6. The minimum absolute atomic E-state index is 0.690. The van der Waals surface area contributed by atoms with E-state index in [1.165, 1.54) is 25.9 Å². The molecule has 1 rings (SSSR count). The third-order valence-electron chi connectivity index (χ3n) is 2.18. The maximum absolute atomic E-state index is 7.79. The summed E-state index contributed by atoms with van der Waals surface area (Å²) in [7, 11) is 9.17. The van der Waals surface area contributed by atoms with E-state index < -0.39 is 14.7 Å². The van der Waals surface area contributed by atoms with Gasteiger partial charge in [0.25, 0.3) is 0 Å². The molecule has 92 valence electrons. The molecular weight excluding hydrogens is 410 g/mol. The zero-order chi connectivity index (χ0) is 11.2. The standard InChI is InChI=1S/C7H16N2.2ClH.2H2O.Pt/c1-2-9-5-3-4-7(9)6-8;;;;;/h7H,2-6,8H2,1H3;2*1H;2*1H2;/q;;;;;+4/p-4. The SMILES string of the molecule is CCN1CCCC1CN.[OH][Pt]([OH])([Cl])[Cl]. The van der Waals surface area contributed by atoms with Gasteiger partial charge in [-0.25, -0.2) is 0 Å². The molecule has 0 radical (unpaired) electrons. The van der Waals surface area contributed by atoms with Crippen LogP contribution in [0.15, 0.2) is 0 Å². The van der Waals surface area contributed by atoms with Crippen molar-refractivity contribution in [1.29, 1.82) is 0 Å². The topological polar surface area (TPSA) is 69.7 Å². The Morgan fingerprint density at radius 3 is 2.29 bits per heavy atom. The Bertz CT molecular complexity index is 141. The van der Waals surface area contributed by atoms with Crippen LogP contribution in [0.25, 0.3) is 0 Å². The molecular formula is C7H18Cl2N2O2Pt. The van der Waals surface area contributed by atoms with Gasteiger partial charge in [0.1, 0.15) is 0 Å². The second-order valence-corrected chi connectivity index (χ2v) is 11.8. The van der Waals surface area contributed by atoms with E-state index in [4.69, 9.17) is 13.3 Å². The number of likely N-dealkylation sites (tertiary alicyclic amines) is 1. The van der Waals surface area contributed by atoms with Gasteiger partial charge in [-0.05, 0) is 25.9 Å². The van der Waals surface area contributed by atoms with Crippen molar-refractivity contribution in [1.82, 2.24) is 4.90 Å². The van der Waals surface area contributed by atoms with Crippen LogP contribution in [0, 0.1) is 0 Å². The molecule has 1 saturated heterocycles. The fraction of sp³-hybridized carbons (Fsp3) is 1.00. The molecule has 1 unspecified atom stereocenters. The first kappa shape index (κ1) is 15.1. The molecule has 1 aliphatic heterocycles. The fourth-order valence-corrected chi connectivity index (χ4v) is 1.58. The number of hydrogen-bond acceptors (Lipinski definition) is 4. The molecule has 0 spiro atoms.